The molecule has 0 amide bonds. The van der Waals surface area contributed by atoms with Crippen molar-refractivity contribution in [2.75, 3.05) is 13.9 Å². The first-order chi connectivity index (χ1) is 7.35. The molecule has 1 aromatic rings. The molecule has 1 aromatic carbocycles. The van der Waals surface area contributed by atoms with Crippen LogP contribution < -0.4 is 14.2 Å². The number of aldehydes is 1. The molecule has 0 spiro atoms. The van der Waals surface area contributed by atoms with E-state index in [2.05, 4.69) is 0 Å². The van der Waals surface area contributed by atoms with Crippen LogP contribution in [-0.2, 0) is 11.2 Å². The maximum absolute atomic E-state index is 10.3. The smallest absolute Gasteiger partial charge is 0.231 e. The van der Waals surface area contributed by atoms with Crippen LogP contribution in [0.1, 0.15) is 12.0 Å². The summed E-state index contributed by atoms with van der Waals surface area (Å²) in [5, 5.41) is 0. The second-order valence-corrected chi connectivity index (χ2v) is 3.22. The highest BCUT2D eigenvalue weighted by Crippen LogP contribution is 2.38. The largest absolute Gasteiger partial charge is 0.496 e. The van der Waals surface area contributed by atoms with E-state index in [0.29, 0.717) is 18.6 Å². The highest BCUT2D eigenvalue weighted by Gasteiger charge is 2.17. The van der Waals surface area contributed by atoms with E-state index in [1.807, 2.05) is 6.07 Å². The molecule has 4 heteroatoms. The van der Waals surface area contributed by atoms with Crippen LogP contribution in [0.15, 0.2) is 12.1 Å². The molecule has 2 rings (SSSR count). The second-order valence-electron chi connectivity index (χ2n) is 3.22. The molecule has 0 radical (unpaired) electrons. The van der Waals surface area contributed by atoms with Crippen LogP contribution in [-0.4, -0.2) is 20.2 Å². The highest BCUT2D eigenvalue weighted by atomic mass is 16.7. The number of methoxy groups -OCH3 is 1. The Hall–Kier alpha value is -1.71. The predicted molar refractivity (Wildman–Crippen MR) is 53.5 cm³/mol. The van der Waals surface area contributed by atoms with E-state index in [1.165, 1.54) is 0 Å². The summed E-state index contributed by atoms with van der Waals surface area (Å²) >= 11 is 0. The number of fused-ring (bicyclic) bond motifs is 1. The summed E-state index contributed by atoms with van der Waals surface area (Å²) < 4.78 is 15.7. The standard InChI is InChI=1S/C11H12O4/c1-13-9-6-11-10(14-7-15-11)5-8(9)3-2-4-12/h4-6H,2-3,7H2,1H3. The van der Waals surface area contributed by atoms with E-state index >= 15 is 0 Å². The van der Waals surface area contributed by atoms with E-state index in [9.17, 15) is 4.79 Å². The number of benzene rings is 1. The molecule has 80 valence electrons. The van der Waals surface area contributed by atoms with Gasteiger partial charge in [0.25, 0.3) is 0 Å². The summed E-state index contributed by atoms with van der Waals surface area (Å²) in [4.78, 5) is 10.3. The number of carbonyl (C=O) groups is 1. The molecule has 0 N–H and O–H groups in total. The molecule has 0 aromatic heterocycles. The topological polar surface area (TPSA) is 44.8 Å². The van der Waals surface area contributed by atoms with E-state index in [1.54, 1.807) is 13.2 Å². The van der Waals surface area contributed by atoms with Gasteiger partial charge in [-0.3, -0.25) is 0 Å². The SMILES string of the molecule is COc1cc2c(cc1CCC=O)OCO2. The van der Waals surface area contributed by atoms with E-state index in [4.69, 9.17) is 14.2 Å². The van der Waals surface area contributed by atoms with Crippen LogP contribution in [0.3, 0.4) is 0 Å². The summed E-state index contributed by atoms with van der Waals surface area (Å²) in [6.45, 7) is 0.246. The zero-order chi connectivity index (χ0) is 10.7. The van der Waals surface area contributed by atoms with Crippen molar-refractivity contribution in [3.8, 4) is 17.2 Å². The molecule has 0 saturated carbocycles. The minimum Gasteiger partial charge on any atom is -0.496 e. The molecular weight excluding hydrogens is 196 g/mol. The van der Waals surface area contributed by atoms with Crippen LogP contribution in [0.2, 0.25) is 0 Å². The normalized spacial score (nSPS) is 12.6. The molecule has 1 aliphatic heterocycles. The lowest BCUT2D eigenvalue weighted by Crippen LogP contribution is -1.93. The number of ether oxygens (including phenoxy) is 3. The van der Waals surface area contributed by atoms with Gasteiger partial charge in [-0.15, -0.1) is 0 Å². The second kappa shape index (κ2) is 4.21. The van der Waals surface area contributed by atoms with Gasteiger partial charge >= 0.3 is 0 Å². The molecule has 1 heterocycles. The highest BCUT2D eigenvalue weighted by molar-refractivity contribution is 5.55. The fraction of sp³-hybridized carbons (Fsp3) is 0.364. The van der Waals surface area contributed by atoms with Crippen molar-refractivity contribution in [1.29, 1.82) is 0 Å². The quantitative estimate of drug-likeness (QED) is 0.704. The van der Waals surface area contributed by atoms with Crippen molar-refractivity contribution in [3.63, 3.8) is 0 Å². The summed E-state index contributed by atoms with van der Waals surface area (Å²) in [6.07, 6.45) is 2.03. The van der Waals surface area contributed by atoms with Crippen molar-refractivity contribution in [3.05, 3.63) is 17.7 Å². The summed E-state index contributed by atoms with van der Waals surface area (Å²) in [7, 11) is 1.60. The van der Waals surface area contributed by atoms with E-state index < -0.39 is 0 Å². The molecule has 15 heavy (non-hydrogen) atoms. The third kappa shape index (κ3) is 1.88. The minimum absolute atomic E-state index is 0.246. The Morgan fingerprint density at radius 3 is 2.80 bits per heavy atom. The Kier molecular flexibility index (Phi) is 2.76. The van der Waals surface area contributed by atoms with Crippen LogP contribution in [0, 0.1) is 0 Å². The van der Waals surface area contributed by atoms with Crippen LogP contribution in [0.25, 0.3) is 0 Å². The number of carbonyl (C=O) groups excluding carboxylic acids is 1. The zero-order valence-electron chi connectivity index (χ0n) is 8.49. The maximum Gasteiger partial charge on any atom is 0.231 e. The van der Waals surface area contributed by atoms with E-state index in [0.717, 1.165) is 23.3 Å². The van der Waals surface area contributed by atoms with Crippen LogP contribution in [0.5, 0.6) is 17.2 Å². The van der Waals surface area contributed by atoms with Gasteiger partial charge in [0.2, 0.25) is 6.79 Å². The van der Waals surface area contributed by atoms with Gasteiger partial charge < -0.3 is 19.0 Å². The van der Waals surface area contributed by atoms with Crippen molar-refractivity contribution < 1.29 is 19.0 Å². The Morgan fingerprint density at radius 2 is 2.13 bits per heavy atom. The average Bonchev–Trinajstić information content (AvgIpc) is 2.71. The summed E-state index contributed by atoms with van der Waals surface area (Å²) in [5.74, 6) is 2.15. The molecular formula is C11H12O4. The van der Waals surface area contributed by atoms with Gasteiger partial charge in [-0.25, -0.2) is 0 Å². The number of hydrogen-bond acceptors (Lipinski definition) is 4. The van der Waals surface area contributed by atoms with Gasteiger partial charge in [0.1, 0.15) is 12.0 Å². The first kappa shape index (κ1) is 9.83. The Balaban J connectivity index is 2.30. The number of hydrogen-bond donors (Lipinski definition) is 0. The first-order valence-corrected chi connectivity index (χ1v) is 4.75. The predicted octanol–water partition coefficient (Wildman–Crippen LogP) is 1.56. The van der Waals surface area contributed by atoms with Crippen molar-refractivity contribution >= 4 is 6.29 Å². The molecule has 0 fully saturated rings. The first-order valence-electron chi connectivity index (χ1n) is 4.75. The third-order valence-electron chi connectivity index (χ3n) is 2.31. The fourth-order valence-corrected chi connectivity index (χ4v) is 1.57. The fourth-order valence-electron chi connectivity index (χ4n) is 1.57. The lowest BCUT2D eigenvalue weighted by atomic mass is 10.1. The van der Waals surface area contributed by atoms with Gasteiger partial charge in [0, 0.05) is 12.5 Å². The average molecular weight is 208 g/mol. The Morgan fingerprint density at radius 1 is 1.40 bits per heavy atom. The van der Waals surface area contributed by atoms with E-state index in [-0.39, 0.29) is 6.79 Å². The Bertz CT molecular complexity index is 373. The number of rotatable bonds is 4. The van der Waals surface area contributed by atoms with Crippen molar-refractivity contribution in [2.24, 2.45) is 0 Å². The molecule has 1 aliphatic rings. The minimum atomic E-state index is 0.246. The van der Waals surface area contributed by atoms with Crippen LogP contribution >= 0.6 is 0 Å². The van der Waals surface area contributed by atoms with Gasteiger partial charge in [-0.2, -0.15) is 0 Å². The molecule has 0 saturated heterocycles. The summed E-state index contributed by atoms with van der Waals surface area (Å²) in [6, 6.07) is 3.66. The van der Waals surface area contributed by atoms with Gasteiger partial charge in [0.05, 0.1) is 7.11 Å². The zero-order valence-corrected chi connectivity index (χ0v) is 8.49. The Labute approximate surface area is 87.8 Å². The monoisotopic (exact) mass is 208 g/mol. The van der Waals surface area contributed by atoms with Crippen molar-refractivity contribution in [2.45, 2.75) is 12.8 Å². The third-order valence-corrected chi connectivity index (χ3v) is 2.31. The van der Waals surface area contributed by atoms with Gasteiger partial charge in [-0.1, -0.05) is 0 Å². The van der Waals surface area contributed by atoms with Crippen LogP contribution in [0.4, 0.5) is 0 Å². The lowest BCUT2D eigenvalue weighted by molar-refractivity contribution is -0.107. The molecule has 0 unspecified atom stereocenters. The molecule has 0 atom stereocenters. The molecule has 0 bridgehead atoms. The molecule has 0 aliphatic carbocycles. The van der Waals surface area contributed by atoms with Gasteiger partial charge in [0.15, 0.2) is 11.5 Å². The summed E-state index contributed by atoms with van der Waals surface area (Å²) in [5.41, 5.74) is 0.967. The maximum atomic E-state index is 10.3. The number of aryl methyl sites for hydroxylation is 1. The van der Waals surface area contributed by atoms with Crippen molar-refractivity contribution in [1.82, 2.24) is 0 Å². The molecule has 4 nitrogen and oxygen atoms in total. The lowest BCUT2D eigenvalue weighted by Gasteiger charge is -2.08. The van der Waals surface area contributed by atoms with Gasteiger partial charge in [-0.05, 0) is 18.1 Å².